The van der Waals surface area contributed by atoms with Crippen LogP contribution in [0.15, 0.2) is 48.0 Å². The van der Waals surface area contributed by atoms with Gasteiger partial charge in [0.15, 0.2) is 0 Å². The van der Waals surface area contributed by atoms with Crippen LogP contribution in [0.3, 0.4) is 0 Å². The maximum atomic E-state index is 13.1. The number of aliphatic hydroxyl groups excluding tert-OH is 1. The zero-order valence-electron chi connectivity index (χ0n) is 19.3. The van der Waals surface area contributed by atoms with Gasteiger partial charge in [0.05, 0.1) is 24.8 Å². The van der Waals surface area contributed by atoms with Gasteiger partial charge >= 0.3 is 0 Å². The van der Waals surface area contributed by atoms with E-state index in [1.54, 1.807) is 30.2 Å². The molecule has 1 fully saturated rings. The number of ether oxygens (including phenoxy) is 2. The van der Waals surface area contributed by atoms with Crippen LogP contribution in [0.25, 0.3) is 5.76 Å². The first kappa shape index (κ1) is 23.5. The monoisotopic (exact) mass is 437 g/mol. The van der Waals surface area contributed by atoms with Gasteiger partial charge in [0.1, 0.15) is 11.5 Å². The molecule has 0 saturated carbocycles. The van der Waals surface area contributed by atoms with Crippen molar-refractivity contribution in [1.82, 2.24) is 4.90 Å². The van der Waals surface area contributed by atoms with E-state index < -0.39 is 17.7 Å². The van der Waals surface area contributed by atoms with Crippen LogP contribution in [0.4, 0.5) is 0 Å². The standard InChI is InChI=1S/C26H31NO5/c1-16(2)32-13-7-12-27-23(19-9-6-8-17(3)14-19)22(25(29)26(27)30)24(28)20-10-11-21(31-5)18(4)15-20/h6,8-11,14-16,23,28H,7,12-13H2,1-5H3/b24-22-. The summed E-state index contributed by atoms with van der Waals surface area (Å²) < 4.78 is 10.9. The Kier molecular flexibility index (Phi) is 7.36. The summed E-state index contributed by atoms with van der Waals surface area (Å²) >= 11 is 0. The lowest BCUT2D eigenvalue weighted by Crippen LogP contribution is -2.31. The summed E-state index contributed by atoms with van der Waals surface area (Å²) in [5.74, 6) is -0.774. The first-order valence-corrected chi connectivity index (χ1v) is 10.9. The van der Waals surface area contributed by atoms with Gasteiger partial charge in [0.2, 0.25) is 0 Å². The van der Waals surface area contributed by atoms with Crippen molar-refractivity contribution in [3.63, 3.8) is 0 Å². The highest BCUT2D eigenvalue weighted by atomic mass is 16.5. The predicted octanol–water partition coefficient (Wildman–Crippen LogP) is 4.55. The molecule has 6 nitrogen and oxygen atoms in total. The number of aryl methyl sites for hydroxylation is 2. The zero-order chi connectivity index (χ0) is 23.4. The Labute approximate surface area is 189 Å². The first-order valence-electron chi connectivity index (χ1n) is 10.9. The van der Waals surface area contributed by atoms with Gasteiger partial charge in [-0.2, -0.15) is 0 Å². The minimum atomic E-state index is -0.674. The fourth-order valence-electron chi connectivity index (χ4n) is 4.03. The van der Waals surface area contributed by atoms with Crippen molar-refractivity contribution < 1.29 is 24.2 Å². The van der Waals surface area contributed by atoms with Crippen LogP contribution >= 0.6 is 0 Å². The van der Waals surface area contributed by atoms with E-state index >= 15 is 0 Å². The molecule has 1 amide bonds. The topological polar surface area (TPSA) is 76.1 Å². The zero-order valence-corrected chi connectivity index (χ0v) is 19.3. The molecule has 0 aliphatic carbocycles. The van der Waals surface area contributed by atoms with E-state index in [-0.39, 0.29) is 17.4 Å². The number of carbonyl (C=O) groups excluding carboxylic acids is 2. The number of carbonyl (C=O) groups is 2. The number of nitrogens with zero attached hydrogens (tertiary/aromatic N) is 1. The molecule has 0 bridgehead atoms. The van der Waals surface area contributed by atoms with Gasteiger partial charge in [-0.05, 0) is 63.4 Å². The minimum absolute atomic E-state index is 0.0938. The molecular formula is C26H31NO5. The third kappa shape index (κ3) is 4.86. The van der Waals surface area contributed by atoms with E-state index in [0.29, 0.717) is 30.9 Å². The fraction of sp³-hybridized carbons (Fsp3) is 0.385. The van der Waals surface area contributed by atoms with Crippen LogP contribution in [0, 0.1) is 13.8 Å². The lowest BCUT2D eigenvalue weighted by molar-refractivity contribution is -0.140. The molecule has 1 saturated heterocycles. The smallest absolute Gasteiger partial charge is 0.295 e. The molecular weight excluding hydrogens is 406 g/mol. The minimum Gasteiger partial charge on any atom is -0.507 e. The van der Waals surface area contributed by atoms with Crippen molar-refractivity contribution in [3.05, 3.63) is 70.3 Å². The van der Waals surface area contributed by atoms with Crippen molar-refractivity contribution in [1.29, 1.82) is 0 Å². The van der Waals surface area contributed by atoms with E-state index in [4.69, 9.17) is 9.47 Å². The molecule has 0 radical (unpaired) electrons. The number of likely N-dealkylation sites (tertiary alicyclic amines) is 1. The molecule has 1 aliphatic rings. The van der Waals surface area contributed by atoms with E-state index in [1.165, 1.54) is 0 Å². The number of hydrogen-bond donors (Lipinski definition) is 1. The van der Waals surface area contributed by atoms with Gasteiger partial charge in [-0.15, -0.1) is 0 Å². The van der Waals surface area contributed by atoms with Gasteiger partial charge in [-0.3, -0.25) is 9.59 Å². The van der Waals surface area contributed by atoms with E-state index in [1.807, 2.05) is 52.0 Å². The third-order valence-electron chi connectivity index (χ3n) is 5.56. The van der Waals surface area contributed by atoms with Gasteiger partial charge in [-0.25, -0.2) is 0 Å². The molecule has 0 aromatic heterocycles. The summed E-state index contributed by atoms with van der Waals surface area (Å²) in [6.45, 7) is 8.57. The van der Waals surface area contributed by atoms with Crippen LogP contribution in [-0.2, 0) is 14.3 Å². The summed E-state index contributed by atoms with van der Waals surface area (Å²) in [5, 5.41) is 11.2. The number of aliphatic hydroxyl groups is 1. The summed E-state index contributed by atoms with van der Waals surface area (Å²) in [6, 6.07) is 12.2. The summed E-state index contributed by atoms with van der Waals surface area (Å²) in [5.41, 5.74) is 3.21. The quantitative estimate of drug-likeness (QED) is 0.284. The lowest BCUT2D eigenvalue weighted by Gasteiger charge is -2.26. The molecule has 6 heteroatoms. The van der Waals surface area contributed by atoms with Gasteiger partial charge < -0.3 is 19.5 Å². The second-order valence-corrected chi connectivity index (χ2v) is 8.36. The van der Waals surface area contributed by atoms with Crippen LogP contribution in [0.1, 0.15) is 48.6 Å². The molecule has 0 spiro atoms. The summed E-state index contributed by atoms with van der Waals surface area (Å²) in [6.07, 6.45) is 0.686. The number of ketones is 1. The molecule has 1 unspecified atom stereocenters. The first-order chi connectivity index (χ1) is 15.2. The van der Waals surface area contributed by atoms with Crippen molar-refractivity contribution in [2.24, 2.45) is 0 Å². The maximum Gasteiger partial charge on any atom is 0.295 e. The van der Waals surface area contributed by atoms with Crippen LogP contribution in [0.2, 0.25) is 0 Å². The second kappa shape index (κ2) is 10.0. The van der Waals surface area contributed by atoms with Crippen molar-refractivity contribution in [2.75, 3.05) is 20.3 Å². The number of methoxy groups -OCH3 is 1. The maximum absolute atomic E-state index is 13.1. The number of Topliss-reactive ketones (excluding diaryl/α,β-unsaturated/α-hetero) is 1. The van der Waals surface area contributed by atoms with E-state index in [2.05, 4.69) is 0 Å². The molecule has 1 heterocycles. The lowest BCUT2D eigenvalue weighted by atomic mass is 9.94. The van der Waals surface area contributed by atoms with Gasteiger partial charge in [0.25, 0.3) is 11.7 Å². The largest absolute Gasteiger partial charge is 0.507 e. The van der Waals surface area contributed by atoms with Crippen molar-refractivity contribution in [3.8, 4) is 5.75 Å². The highest BCUT2D eigenvalue weighted by Gasteiger charge is 2.45. The molecule has 3 rings (SSSR count). The molecule has 1 atom stereocenters. The van der Waals surface area contributed by atoms with Crippen LogP contribution in [0.5, 0.6) is 5.75 Å². The highest BCUT2D eigenvalue weighted by molar-refractivity contribution is 6.46. The van der Waals surface area contributed by atoms with E-state index in [9.17, 15) is 14.7 Å². The molecule has 1 aliphatic heterocycles. The molecule has 2 aromatic carbocycles. The third-order valence-corrected chi connectivity index (χ3v) is 5.56. The number of rotatable bonds is 8. The summed E-state index contributed by atoms with van der Waals surface area (Å²) in [7, 11) is 1.58. The Morgan fingerprint density at radius 3 is 2.50 bits per heavy atom. The number of amides is 1. The highest BCUT2D eigenvalue weighted by Crippen LogP contribution is 2.40. The molecule has 170 valence electrons. The number of benzene rings is 2. The second-order valence-electron chi connectivity index (χ2n) is 8.36. The fourth-order valence-corrected chi connectivity index (χ4v) is 4.03. The predicted molar refractivity (Wildman–Crippen MR) is 124 cm³/mol. The molecule has 32 heavy (non-hydrogen) atoms. The molecule has 1 N–H and O–H groups in total. The molecule has 2 aromatic rings. The van der Waals surface area contributed by atoms with Crippen molar-refractivity contribution in [2.45, 2.75) is 46.3 Å². The Hall–Kier alpha value is -3.12. The SMILES string of the molecule is COc1ccc(/C(O)=C2/C(=O)C(=O)N(CCCOC(C)C)C2c2cccc(C)c2)cc1C. The van der Waals surface area contributed by atoms with Gasteiger partial charge in [-0.1, -0.05) is 29.8 Å². The van der Waals surface area contributed by atoms with Crippen LogP contribution < -0.4 is 4.74 Å². The Morgan fingerprint density at radius 1 is 1.12 bits per heavy atom. The average molecular weight is 438 g/mol. The van der Waals surface area contributed by atoms with Crippen molar-refractivity contribution >= 4 is 17.4 Å². The van der Waals surface area contributed by atoms with E-state index in [0.717, 1.165) is 16.7 Å². The Balaban J connectivity index is 2.06. The van der Waals surface area contributed by atoms with Crippen LogP contribution in [-0.4, -0.2) is 48.1 Å². The number of hydrogen-bond acceptors (Lipinski definition) is 5. The Bertz CT molecular complexity index is 1040. The summed E-state index contributed by atoms with van der Waals surface area (Å²) in [4.78, 5) is 27.6. The van der Waals surface area contributed by atoms with Gasteiger partial charge in [0, 0.05) is 18.7 Å². The Morgan fingerprint density at radius 2 is 1.88 bits per heavy atom. The normalized spacial score (nSPS) is 17.9. The average Bonchev–Trinajstić information content (AvgIpc) is 3.01.